The fourth-order valence-corrected chi connectivity index (χ4v) is 5.41. The Balaban J connectivity index is 1.38. The van der Waals surface area contributed by atoms with E-state index in [1.807, 2.05) is 13.1 Å². The van der Waals surface area contributed by atoms with Gasteiger partial charge in [0.05, 0.1) is 17.3 Å². The lowest BCUT2D eigenvalue weighted by atomic mass is 10.0. The summed E-state index contributed by atoms with van der Waals surface area (Å²) in [6.07, 6.45) is 3.97. The summed E-state index contributed by atoms with van der Waals surface area (Å²) >= 11 is 0. The number of hydrogen-bond acceptors (Lipinski definition) is 7. The van der Waals surface area contributed by atoms with E-state index in [0.29, 0.717) is 12.0 Å². The van der Waals surface area contributed by atoms with Crippen molar-refractivity contribution in [3.63, 3.8) is 0 Å². The number of phenols is 2. The number of aryl methyl sites for hydroxylation is 2. The van der Waals surface area contributed by atoms with Crippen LogP contribution in [0.1, 0.15) is 34.5 Å². The minimum absolute atomic E-state index is 0.0345. The molecule has 0 saturated carbocycles. The van der Waals surface area contributed by atoms with E-state index in [2.05, 4.69) is 5.10 Å². The number of carbonyl (C=O) groups excluding carboxylic acids is 1. The predicted octanol–water partition coefficient (Wildman–Crippen LogP) is 4.79. The summed E-state index contributed by atoms with van der Waals surface area (Å²) in [7, 11) is -2.00. The molecule has 10 heteroatoms. The number of esters is 1. The highest BCUT2D eigenvalue weighted by molar-refractivity contribution is 7.90. The number of carbonyl (C=O) groups is 1. The first-order valence-corrected chi connectivity index (χ1v) is 13.6. The van der Waals surface area contributed by atoms with Crippen molar-refractivity contribution in [2.24, 2.45) is 7.05 Å². The fraction of sp³-hybridized carbons (Fsp3) is 0.214. The highest BCUT2D eigenvalue weighted by atomic mass is 32.2. The highest BCUT2D eigenvalue weighted by Crippen LogP contribution is 2.32. The number of aromatic hydroxyl groups is 2. The lowest BCUT2D eigenvalue weighted by molar-refractivity contribution is 0.0495. The summed E-state index contributed by atoms with van der Waals surface area (Å²) in [5, 5.41) is 24.5. The summed E-state index contributed by atoms with van der Waals surface area (Å²) in [4.78, 5) is 12.4. The van der Waals surface area contributed by atoms with Crippen molar-refractivity contribution in [3.8, 4) is 22.6 Å². The number of halogens is 1. The minimum Gasteiger partial charge on any atom is -0.507 e. The van der Waals surface area contributed by atoms with Crippen molar-refractivity contribution in [1.82, 2.24) is 9.78 Å². The number of nitrogens with zero attached hydrogens (tertiary/aromatic N) is 2. The molecule has 0 amide bonds. The maximum absolute atomic E-state index is 13.7. The van der Waals surface area contributed by atoms with Gasteiger partial charge >= 0.3 is 5.97 Å². The van der Waals surface area contributed by atoms with Crippen molar-refractivity contribution in [3.05, 3.63) is 95.6 Å². The van der Waals surface area contributed by atoms with Crippen molar-refractivity contribution < 1.29 is 32.6 Å². The first-order chi connectivity index (χ1) is 18.1. The second-order valence-corrected chi connectivity index (χ2v) is 10.8. The van der Waals surface area contributed by atoms with Crippen LogP contribution in [-0.4, -0.2) is 41.0 Å². The molecule has 0 aliphatic heterocycles. The van der Waals surface area contributed by atoms with Gasteiger partial charge in [-0.3, -0.25) is 4.68 Å². The van der Waals surface area contributed by atoms with Crippen molar-refractivity contribution >= 4 is 15.8 Å². The lowest BCUT2D eigenvalue weighted by Crippen LogP contribution is -2.09. The third-order valence-electron chi connectivity index (χ3n) is 6.08. The summed E-state index contributed by atoms with van der Waals surface area (Å²) in [6, 6.07) is 15.2. The zero-order chi connectivity index (χ0) is 27.3. The molecule has 0 saturated heterocycles. The van der Waals surface area contributed by atoms with Gasteiger partial charge in [-0.05, 0) is 78.9 Å². The third kappa shape index (κ3) is 6.38. The number of rotatable bonds is 10. The molecule has 0 atom stereocenters. The maximum Gasteiger partial charge on any atom is 0.341 e. The largest absolute Gasteiger partial charge is 0.507 e. The quantitative estimate of drug-likeness (QED) is 0.220. The Bertz CT molecular complexity index is 1570. The second kappa shape index (κ2) is 11.5. The molecule has 0 aliphatic rings. The first kappa shape index (κ1) is 26.9. The van der Waals surface area contributed by atoms with Crippen molar-refractivity contribution in [2.45, 2.75) is 29.9 Å². The Hall–Kier alpha value is -4.18. The van der Waals surface area contributed by atoms with Crippen LogP contribution in [0.4, 0.5) is 4.39 Å². The van der Waals surface area contributed by atoms with Crippen LogP contribution in [0, 0.1) is 5.82 Å². The zero-order valence-corrected chi connectivity index (χ0v) is 21.5. The number of ether oxygens (including phenoxy) is 1. The van der Waals surface area contributed by atoms with E-state index < -0.39 is 27.4 Å². The molecular formula is C28H27FN2O6S. The number of benzene rings is 3. The predicted molar refractivity (Wildman–Crippen MR) is 139 cm³/mol. The minimum atomic E-state index is -3.87. The monoisotopic (exact) mass is 538 g/mol. The summed E-state index contributed by atoms with van der Waals surface area (Å²) in [6.45, 7) is 0.184. The summed E-state index contributed by atoms with van der Waals surface area (Å²) in [5.74, 6) is -2.26. The molecule has 1 heterocycles. The van der Waals surface area contributed by atoms with Crippen LogP contribution in [0.15, 0.2) is 77.8 Å². The van der Waals surface area contributed by atoms with Crippen molar-refractivity contribution in [2.75, 3.05) is 6.61 Å². The van der Waals surface area contributed by atoms with E-state index in [9.17, 15) is 27.8 Å². The van der Waals surface area contributed by atoms with Crippen LogP contribution < -0.4 is 0 Å². The molecule has 8 nitrogen and oxygen atoms in total. The molecule has 1 aromatic heterocycles. The summed E-state index contributed by atoms with van der Waals surface area (Å²) < 4.78 is 46.8. The second-order valence-electron chi connectivity index (χ2n) is 8.84. The van der Waals surface area contributed by atoms with Crippen LogP contribution in [0.3, 0.4) is 0 Å². The normalized spacial score (nSPS) is 11.4. The Morgan fingerprint density at radius 2 is 1.82 bits per heavy atom. The van der Waals surface area contributed by atoms with Gasteiger partial charge in [-0.2, -0.15) is 5.10 Å². The van der Waals surface area contributed by atoms with E-state index in [1.54, 1.807) is 16.9 Å². The van der Waals surface area contributed by atoms with Crippen LogP contribution in [0.25, 0.3) is 11.1 Å². The molecule has 0 aliphatic carbocycles. The number of hydrogen-bond donors (Lipinski definition) is 2. The smallest absolute Gasteiger partial charge is 0.341 e. The average molecular weight is 539 g/mol. The van der Waals surface area contributed by atoms with Gasteiger partial charge in [0.15, 0.2) is 9.84 Å². The molecule has 4 aromatic rings. The standard InChI is InChI=1S/C28H27FN2O6S/c1-31-22(12-13-30-31)6-2-3-14-37-28(34)24-10-8-19(15-27(24)33)18-38(35,36)23-7-4-5-20(16-23)25-17-21(29)9-11-26(25)32/h4-5,7-13,15-17,32-33H,2-3,6,14,18H2,1H3. The van der Waals surface area contributed by atoms with Gasteiger partial charge in [0.2, 0.25) is 0 Å². The number of aromatic nitrogens is 2. The van der Waals surface area contributed by atoms with Gasteiger partial charge in [-0.1, -0.05) is 18.2 Å². The Morgan fingerprint density at radius 3 is 2.55 bits per heavy atom. The topological polar surface area (TPSA) is 119 Å². The Labute approximate surface area is 219 Å². The SMILES string of the molecule is Cn1nccc1CCCCOC(=O)c1ccc(CS(=O)(=O)c2cccc(-c3cc(F)ccc3O)c2)cc1O. The van der Waals surface area contributed by atoms with Crippen molar-refractivity contribution in [1.29, 1.82) is 0 Å². The van der Waals surface area contributed by atoms with E-state index in [1.165, 1.54) is 42.5 Å². The molecular weight excluding hydrogens is 511 g/mol. The Morgan fingerprint density at radius 1 is 1.00 bits per heavy atom. The molecule has 2 N–H and O–H groups in total. The van der Waals surface area contributed by atoms with Gasteiger partial charge in [-0.15, -0.1) is 0 Å². The maximum atomic E-state index is 13.7. The van der Waals surface area contributed by atoms with Gasteiger partial charge in [0.25, 0.3) is 0 Å². The highest BCUT2D eigenvalue weighted by Gasteiger charge is 2.20. The number of unbranched alkanes of at least 4 members (excludes halogenated alkanes) is 1. The van der Waals surface area contributed by atoms with Crippen LogP contribution in [-0.2, 0) is 33.8 Å². The molecule has 38 heavy (non-hydrogen) atoms. The average Bonchev–Trinajstić information content (AvgIpc) is 3.29. The van der Waals surface area contributed by atoms with Gasteiger partial charge in [0.1, 0.15) is 22.9 Å². The van der Waals surface area contributed by atoms with Crippen LogP contribution >= 0.6 is 0 Å². The van der Waals surface area contributed by atoms with E-state index in [0.717, 1.165) is 30.7 Å². The van der Waals surface area contributed by atoms with E-state index in [-0.39, 0.29) is 39.7 Å². The Kier molecular flexibility index (Phi) is 8.11. The van der Waals surface area contributed by atoms with Gasteiger partial charge < -0.3 is 14.9 Å². The first-order valence-electron chi connectivity index (χ1n) is 11.9. The molecule has 0 radical (unpaired) electrons. The van der Waals surface area contributed by atoms with Gasteiger partial charge in [-0.25, -0.2) is 17.6 Å². The fourth-order valence-electron chi connectivity index (χ4n) is 4.04. The molecule has 3 aromatic carbocycles. The lowest BCUT2D eigenvalue weighted by Gasteiger charge is -2.10. The molecule has 0 spiro atoms. The van der Waals surface area contributed by atoms with E-state index >= 15 is 0 Å². The molecule has 198 valence electrons. The molecule has 0 bridgehead atoms. The number of phenolic OH excluding ortho intramolecular Hbond substituents is 2. The number of sulfone groups is 1. The molecule has 0 unspecified atom stereocenters. The zero-order valence-electron chi connectivity index (χ0n) is 20.7. The van der Waals surface area contributed by atoms with Gasteiger partial charge in [0, 0.05) is 24.5 Å². The van der Waals surface area contributed by atoms with E-state index in [4.69, 9.17) is 4.74 Å². The van der Waals surface area contributed by atoms with Crippen LogP contribution in [0.2, 0.25) is 0 Å². The molecule has 4 rings (SSSR count). The summed E-state index contributed by atoms with van der Waals surface area (Å²) in [5.41, 5.74) is 1.80. The third-order valence-corrected chi connectivity index (χ3v) is 7.77. The van der Waals surface area contributed by atoms with Crippen LogP contribution in [0.5, 0.6) is 11.5 Å². The molecule has 0 fully saturated rings.